The van der Waals surface area contributed by atoms with Gasteiger partial charge in [-0.15, -0.1) is 0 Å². The minimum atomic E-state index is 0.362. The highest BCUT2D eigenvalue weighted by Crippen LogP contribution is 2.61. The molecule has 0 atom stereocenters. The Morgan fingerprint density at radius 2 is 0.873 bits per heavy atom. The second kappa shape index (κ2) is 23.7. The molecule has 8 bridgehead atoms. The van der Waals surface area contributed by atoms with Crippen molar-refractivity contribution >= 4 is 75.9 Å². The second-order valence-corrected chi connectivity index (χ2v) is 27.9. The van der Waals surface area contributed by atoms with Gasteiger partial charge in [-0.2, -0.15) is 10.2 Å². The van der Waals surface area contributed by atoms with E-state index in [1.165, 1.54) is 83.4 Å². The quantitative estimate of drug-likeness (QED) is 0.130. The van der Waals surface area contributed by atoms with Crippen LogP contribution in [0.4, 0.5) is 0 Å². The minimum Gasteiger partial charge on any atom is -0.314 e. The fraction of sp³-hybridized carbons (Fsp3) is 0.516. The van der Waals surface area contributed by atoms with Crippen molar-refractivity contribution < 1.29 is 4.79 Å². The fourth-order valence-corrected chi connectivity index (χ4v) is 18.2. The van der Waals surface area contributed by atoms with Crippen LogP contribution in [0.2, 0.25) is 30.1 Å². The molecule has 418 valence electrons. The van der Waals surface area contributed by atoms with Gasteiger partial charge in [0.25, 0.3) is 0 Å². The van der Waals surface area contributed by atoms with E-state index in [1.54, 1.807) is 79.6 Å². The van der Waals surface area contributed by atoms with E-state index in [1.807, 2.05) is 48.0 Å². The van der Waals surface area contributed by atoms with E-state index in [4.69, 9.17) is 74.7 Å². The molecule has 2 saturated heterocycles. The van der Waals surface area contributed by atoms with Gasteiger partial charge >= 0.3 is 0 Å². The smallest absolute Gasteiger partial charge is 0.170 e. The zero-order chi connectivity index (χ0) is 54.6. The maximum atomic E-state index is 11.3. The Kier molecular flexibility index (Phi) is 16.8. The average Bonchev–Trinajstić information content (AvgIpc) is 4.11. The third-order valence-corrected chi connectivity index (χ3v) is 21.1. The van der Waals surface area contributed by atoms with Crippen molar-refractivity contribution in [2.75, 3.05) is 65.4 Å². The van der Waals surface area contributed by atoms with Gasteiger partial charge in [-0.05, 0) is 203 Å². The number of halogens is 6. The topological polar surface area (TPSA) is 74.5 Å². The number of hydrogen-bond acceptors (Lipinski definition) is 7. The summed E-state index contributed by atoms with van der Waals surface area (Å²) >= 11 is 37.3. The van der Waals surface area contributed by atoms with Gasteiger partial charge in [-0.3, -0.25) is 9.69 Å². The first-order chi connectivity index (χ1) is 38.2. The van der Waals surface area contributed by atoms with Gasteiger partial charge in [0.2, 0.25) is 0 Å². The first kappa shape index (κ1) is 56.1. The summed E-state index contributed by atoms with van der Waals surface area (Å²) in [5.41, 5.74) is 10.1. The van der Waals surface area contributed by atoms with Crippen LogP contribution in [0.15, 0.2) is 84.9 Å². The van der Waals surface area contributed by atoms with Crippen LogP contribution < -0.4 is 5.32 Å². The van der Waals surface area contributed by atoms with Crippen LogP contribution >= 0.6 is 69.6 Å². The van der Waals surface area contributed by atoms with E-state index in [-0.39, 0.29) is 0 Å². The highest BCUT2D eigenvalue weighted by Gasteiger charge is 2.52. The first-order valence-corrected chi connectivity index (χ1v) is 31.4. The highest BCUT2D eigenvalue weighted by atomic mass is 35.5. The number of carbonyl (C=O) groups excluding carboxylic acids is 1. The molecule has 0 amide bonds. The molecule has 1 N–H and O–H groups in total. The Morgan fingerprint density at radius 1 is 0.494 bits per heavy atom. The third kappa shape index (κ3) is 12.3. The van der Waals surface area contributed by atoms with Crippen LogP contribution in [0.1, 0.15) is 104 Å². The Balaban J connectivity index is 0.000000131. The molecule has 0 radical (unpaired) electrons. The van der Waals surface area contributed by atoms with Crippen molar-refractivity contribution in [3.8, 4) is 33.9 Å². The average molecular weight is 1180 g/mol. The normalized spacial score (nSPS) is 28.1. The molecular formula is C64H74Cl6N8O. The number of piperazine rings is 2. The summed E-state index contributed by atoms with van der Waals surface area (Å²) in [7, 11) is 0. The summed E-state index contributed by atoms with van der Waals surface area (Å²) in [6.45, 7) is 17.2. The summed E-state index contributed by atoms with van der Waals surface area (Å²) in [6.07, 6.45) is 19.3. The molecule has 79 heavy (non-hydrogen) atoms. The molecular weight excluding hydrogens is 1110 g/mol. The number of carbonyl (C=O) groups is 1. The number of aromatic nitrogens is 4. The largest absolute Gasteiger partial charge is 0.314 e. The minimum absolute atomic E-state index is 0.362. The number of nitrogens with one attached hydrogen (secondary N) is 1. The lowest BCUT2D eigenvalue weighted by Gasteiger charge is -2.58. The Hall–Kier alpha value is -3.45. The number of nitrogens with zero attached hydrogens (tertiary/aromatic N) is 7. The summed E-state index contributed by atoms with van der Waals surface area (Å²) in [5.74, 6) is 6.43. The predicted octanol–water partition coefficient (Wildman–Crippen LogP) is 15.9. The van der Waals surface area contributed by atoms with Crippen molar-refractivity contribution in [1.29, 1.82) is 0 Å². The van der Waals surface area contributed by atoms with Crippen LogP contribution in [-0.2, 0) is 6.54 Å². The van der Waals surface area contributed by atoms with Crippen molar-refractivity contribution in [2.45, 2.75) is 97.4 Å². The van der Waals surface area contributed by atoms with Crippen LogP contribution in [0.25, 0.3) is 33.9 Å². The maximum Gasteiger partial charge on any atom is 0.170 e. The molecule has 6 aromatic rings. The predicted molar refractivity (Wildman–Crippen MR) is 325 cm³/mol. The lowest BCUT2D eigenvalue weighted by molar-refractivity contribution is -0.0738. The van der Waals surface area contributed by atoms with Crippen LogP contribution in [0.3, 0.4) is 0 Å². The molecule has 8 saturated carbocycles. The molecule has 15 heteroatoms. The van der Waals surface area contributed by atoms with E-state index in [2.05, 4.69) is 44.2 Å². The zero-order valence-corrected chi connectivity index (χ0v) is 50.2. The molecule has 2 aromatic heterocycles. The summed E-state index contributed by atoms with van der Waals surface area (Å²) in [6, 6.07) is 26.0. The number of benzene rings is 4. The molecule has 0 spiro atoms. The molecule has 8 aliphatic carbocycles. The zero-order valence-electron chi connectivity index (χ0n) is 45.7. The Bertz CT molecular complexity index is 3070. The molecule has 10 aliphatic rings. The first-order valence-electron chi connectivity index (χ1n) is 29.1. The van der Waals surface area contributed by atoms with Crippen molar-refractivity contribution in [3.63, 3.8) is 0 Å². The van der Waals surface area contributed by atoms with E-state index in [0.717, 1.165) is 124 Å². The number of aldehydes is 1. The van der Waals surface area contributed by atoms with Gasteiger partial charge in [0.05, 0.1) is 38.5 Å². The van der Waals surface area contributed by atoms with Crippen LogP contribution in [0.5, 0.6) is 0 Å². The second-order valence-electron chi connectivity index (χ2n) is 25.3. The Morgan fingerprint density at radius 3 is 1.29 bits per heavy atom. The van der Waals surface area contributed by atoms with Gasteiger partial charge in [0.15, 0.2) is 6.29 Å². The van der Waals surface area contributed by atoms with Gasteiger partial charge in [-0.1, -0.05) is 93.9 Å². The molecule has 4 aromatic carbocycles. The maximum absolute atomic E-state index is 11.3. The number of rotatable bonds is 11. The van der Waals surface area contributed by atoms with Gasteiger partial charge in [0, 0.05) is 109 Å². The summed E-state index contributed by atoms with van der Waals surface area (Å²) < 4.78 is 3.64. The molecule has 4 heterocycles. The van der Waals surface area contributed by atoms with Crippen molar-refractivity contribution in [1.82, 2.24) is 39.6 Å². The summed E-state index contributed by atoms with van der Waals surface area (Å²) in [5, 5.41) is 16.5. The van der Waals surface area contributed by atoms with E-state index in [9.17, 15) is 4.79 Å². The fourth-order valence-electron chi connectivity index (χ4n) is 17.0. The van der Waals surface area contributed by atoms with Crippen molar-refractivity contribution in [3.05, 3.63) is 138 Å². The molecule has 16 rings (SSSR count). The standard InChI is InChI=1S/C32H37Cl3N4.C17H11Cl3N2O.C15H26N2/c1-21-29(36-39(30-7-6-27(34)15-28(30)35)31(21)25-2-4-26(33)5-3-25)19-37-8-10-38(11-9-37)20-32-16-22-12-23(17-32)14-24(13-22)18-32;1-10-15(9-23)21-22(16-7-6-13(19)8-14(16)20)17(10)11-2-4-12(18)5-3-11;1-3-17(4-2-16-1)11-15-8-12-5-13(9-15)7-14(6-12)10-15/h2-7,15,22-24H,8-14,16-20H2,1H3;2-9H,1H3;12-14,16H,1-11H2. The van der Waals surface area contributed by atoms with Gasteiger partial charge < -0.3 is 15.1 Å². The Labute approximate surface area is 497 Å². The highest BCUT2D eigenvalue weighted by molar-refractivity contribution is 6.36. The molecule has 9 nitrogen and oxygen atoms in total. The third-order valence-electron chi connectivity index (χ3n) is 19.5. The van der Waals surface area contributed by atoms with Gasteiger partial charge in [-0.25, -0.2) is 9.36 Å². The van der Waals surface area contributed by atoms with E-state index < -0.39 is 0 Å². The summed E-state index contributed by atoms with van der Waals surface area (Å²) in [4.78, 5) is 19.4. The molecule has 2 aliphatic heterocycles. The molecule has 10 fully saturated rings. The lowest BCUT2D eigenvalue weighted by Crippen LogP contribution is -2.54. The van der Waals surface area contributed by atoms with Gasteiger partial charge in [0.1, 0.15) is 5.69 Å². The van der Waals surface area contributed by atoms with Crippen LogP contribution in [-0.4, -0.2) is 106 Å². The van der Waals surface area contributed by atoms with Crippen molar-refractivity contribution in [2.24, 2.45) is 46.3 Å². The van der Waals surface area contributed by atoms with E-state index >= 15 is 0 Å². The number of hydrogen-bond donors (Lipinski definition) is 1. The molecule has 0 unspecified atom stereocenters. The monoisotopic (exact) mass is 1180 g/mol. The van der Waals surface area contributed by atoms with E-state index in [0.29, 0.717) is 41.9 Å². The lowest BCUT2D eigenvalue weighted by atomic mass is 9.49. The van der Waals surface area contributed by atoms with Crippen LogP contribution in [0, 0.1) is 60.2 Å². The SMILES string of the molecule is C1CN(CC23CC4CC(CC(C4)C2)C3)CCN1.Cc1c(C=O)nn(-c2ccc(Cl)cc2Cl)c1-c1ccc(Cl)cc1.Cc1c(CN2CCN(CC34CC5CC(CC(C5)C3)C4)CC2)nn(-c2ccc(Cl)cc2Cl)c1-c1ccc(Cl)cc1.